The Bertz CT molecular complexity index is 463. The zero-order chi connectivity index (χ0) is 20.8. The lowest BCUT2D eigenvalue weighted by Crippen LogP contribution is -2.43. The second-order valence-electron chi connectivity index (χ2n) is 6.75. The topological polar surface area (TPSA) is 203 Å². The fourth-order valence-corrected chi connectivity index (χ4v) is 2.34. The lowest BCUT2D eigenvalue weighted by Gasteiger charge is -2.18. The highest BCUT2D eigenvalue weighted by molar-refractivity contribution is 5.90. The van der Waals surface area contributed by atoms with Gasteiger partial charge in [-0.05, 0) is 57.5 Å². The first kappa shape index (κ1) is 25.4. The number of nitrogens with one attached hydrogen (secondary N) is 1. The van der Waals surface area contributed by atoms with Crippen molar-refractivity contribution in [3.05, 3.63) is 0 Å². The summed E-state index contributed by atoms with van der Waals surface area (Å²) in [6.07, 6.45) is 3.32. The normalized spacial score (nSPS) is 15.5. The van der Waals surface area contributed by atoms with Crippen LogP contribution in [0.15, 0.2) is 0 Å². The molecule has 10 nitrogen and oxygen atoms in total. The van der Waals surface area contributed by atoms with Crippen molar-refractivity contribution in [2.24, 2.45) is 34.6 Å². The Morgan fingerprint density at radius 1 is 0.852 bits per heavy atom. The van der Waals surface area contributed by atoms with Gasteiger partial charge in [-0.25, -0.2) is 9.59 Å². The third-order valence-electron chi connectivity index (χ3n) is 4.31. The molecule has 0 aliphatic heterocycles. The molecule has 0 aliphatic rings. The van der Waals surface area contributed by atoms with E-state index in [2.05, 4.69) is 5.32 Å². The molecule has 0 aliphatic carbocycles. The van der Waals surface area contributed by atoms with Gasteiger partial charge >= 0.3 is 11.9 Å². The predicted octanol–water partition coefficient (Wildman–Crippen LogP) is -1.95. The van der Waals surface area contributed by atoms with Crippen molar-refractivity contribution < 1.29 is 19.1 Å². The molecule has 0 aromatic heterocycles. The molecule has 1 amide bonds. The van der Waals surface area contributed by atoms with E-state index in [0.717, 1.165) is 0 Å². The Kier molecular flexibility index (Phi) is 13.6. The van der Waals surface area contributed by atoms with E-state index in [0.29, 0.717) is 58.2 Å². The van der Waals surface area contributed by atoms with E-state index in [-0.39, 0.29) is 11.8 Å². The van der Waals surface area contributed by atoms with Crippen LogP contribution in [0.25, 0.3) is 0 Å². The van der Waals surface area contributed by atoms with Gasteiger partial charge in [-0.15, -0.1) is 0 Å². The average molecular weight is 389 g/mol. The number of nitrogens with two attached hydrogens (primary N) is 5. The van der Waals surface area contributed by atoms with Crippen LogP contribution in [-0.2, 0) is 19.1 Å². The highest BCUT2D eigenvalue weighted by Gasteiger charge is 2.26. The zero-order valence-corrected chi connectivity index (χ0v) is 16.2. The van der Waals surface area contributed by atoms with Gasteiger partial charge in [0.15, 0.2) is 0 Å². The summed E-state index contributed by atoms with van der Waals surface area (Å²) in [4.78, 5) is 35.4. The fourth-order valence-electron chi connectivity index (χ4n) is 2.34. The van der Waals surface area contributed by atoms with Gasteiger partial charge in [0, 0.05) is 6.54 Å². The molecule has 0 aromatic rings. The van der Waals surface area contributed by atoms with Crippen molar-refractivity contribution in [2.75, 3.05) is 19.6 Å². The van der Waals surface area contributed by atoms with E-state index in [9.17, 15) is 14.4 Å². The Hall–Kier alpha value is -1.59. The van der Waals surface area contributed by atoms with Crippen LogP contribution >= 0.6 is 0 Å². The fraction of sp³-hybridized carbons (Fsp3) is 0.824. The Labute approximate surface area is 160 Å². The van der Waals surface area contributed by atoms with Crippen LogP contribution in [0.4, 0.5) is 0 Å². The molecule has 27 heavy (non-hydrogen) atoms. The monoisotopic (exact) mass is 388 g/mol. The average Bonchev–Trinajstić information content (AvgIpc) is 2.64. The number of carbonyl (C=O) groups excluding carboxylic acids is 3. The van der Waals surface area contributed by atoms with Gasteiger partial charge in [0.25, 0.3) is 0 Å². The van der Waals surface area contributed by atoms with E-state index in [1.807, 2.05) is 0 Å². The summed E-state index contributed by atoms with van der Waals surface area (Å²) in [5, 5.41) is 2.72. The maximum absolute atomic E-state index is 11.9. The number of esters is 2. The van der Waals surface area contributed by atoms with E-state index < -0.39 is 30.1 Å². The van der Waals surface area contributed by atoms with Crippen LogP contribution in [0.1, 0.15) is 45.4 Å². The SMILES string of the molecule is CC(CCN)C(N)C(=O)OC(=O)[C@@H](N)CCCCNC(=O)C(N)CCCN. The first-order valence-corrected chi connectivity index (χ1v) is 9.44. The molecular weight excluding hydrogens is 352 g/mol. The summed E-state index contributed by atoms with van der Waals surface area (Å²) in [6.45, 7) is 3.08. The van der Waals surface area contributed by atoms with Crippen molar-refractivity contribution in [1.29, 1.82) is 0 Å². The van der Waals surface area contributed by atoms with Crippen LogP contribution < -0.4 is 34.0 Å². The summed E-state index contributed by atoms with van der Waals surface area (Å²) >= 11 is 0. The zero-order valence-electron chi connectivity index (χ0n) is 16.2. The van der Waals surface area contributed by atoms with Gasteiger partial charge in [-0.1, -0.05) is 6.92 Å². The molecule has 0 fully saturated rings. The maximum atomic E-state index is 11.9. The smallest absolute Gasteiger partial charge is 0.330 e. The molecule has 0 heterocycles. The van der Waals surface area contributed by atoms with Gasteiger partial charge in [0.05, 0.1) is 6.04 Å². The second kappa shape index (κ2) is 14.5. The van der Waals surface area contributed by atoms with Gasteiger partial charge < -0.3 is 38.7 Å². The number of rotatable bonds is 14. The number of ether oxygens (including phenoxy) is 1. The maximum Gasteiger partial charge on any atom is 0.330 e. The molecule has 0 radical (unpaired) electrons. The number of amides is 1. The first-order valence-electron chi connectivity index (χ1n) is 9.44. The molecule has 0 rings (SSSR count). The van der Waals surface area contributed by atoms with Crippen LogP contribution in [0, 0.1) is 5.92 Å². The molecule has 0 saturated carbocycles. The minimum absolute atomic E-state index is 0.189. The lowest BCUT2D eigenvalue weighted by molar-refractivity contribution is -0.162. The molecule has 4 atom stereocenters. The summed E-state index contributed by atoms with van der Waals surface area (Å²) in [6, 6.07) is -2.40. The van der Waals surface area contributed by atoms with Gasteiger partial charge in [-0.2, -0.15) is 0 Å². The largest absolute Gasteiger partial charge is 0.391 e. The standard InChI is InChI=1S/C17H36N6O4/c1-11(7-9-19)14(22)17(26)27-16(25)13(21)5-2-3-10-23-15(24)12(20)6-4-8-18/h11-14H,2-10,18-22H2,1H3,(H,23,24)/t11?,12?,13-,14?/m0/s1. The third-order valence-corrected chi connectivity index (χ3v) is 4.31. The molecule has 0 spiro atoms. The summed E-state index contributed by atoms with van der Waals surface area (Å²) in [5.41, 5.74) is 28.0. The number of carbonyl (C=O) groups is 3. The molecule has 10 heteroatoms. The van der Waals surface area contributed by atoms with E-state index >= 15 is 0 Å². The molecule has 0 bridgehead atoms. The predicted molar refractivity (Wildman–Crippen MR) is 103 cm³/mol. The molecule has 0 aromatic carbocycles. The summed E-state index contributed by atoms with van der Waals surface area (Å²) < 4.78 is 4.74. The van der Waals surface area contributed by atoms with Gasteiger partial charge in [0.2, 0.25) is 5.91 Å². The van der Waals surface area contributed by atoms with Crippen LogP contribution in [0.3, 0.4) is 0 Å². The van der Waals surface area contributed by atoms with Crippen molar-refractivity contribution >= 4 is 17.8 Å². The van der Waals surface area contributed by atoms with Gasteiger partial charge in [0.1, 0.15) is 12.1 Å². The number of hydrogen-bond donors (Lipinski definition) is 6. The van der Waals surface area contributed by atoms with E-state index in [1.54, 1.807) is 6.92 Å². The van der Waals surface area contributed by atoms with Gasteiger partial charge in [-0.3, -0.25) is 4.79 Å². The van der Waals surface area contributed by atoms with Crippen LogP contribution in [0.5, 0.6) is 0 Å². The van der Waals surface area contributed by atoms with E-state index in [4.69, 9.17) is 33.4 Å². The van der Waals surface area contributed by atoms with Crippen molar-refractivity contribution in [3.63, 3.8) is 0 Å². The minimum Gasteiger partial charge on any atom is -0.391 e. The number of unbranched alkanes of at least 4 members (excludes halogenated alkanes) is 1. The first-order chi connectivity index (χ1) is 12.7. The second-order valence-corrected chi connectivity index (χ2v) is 6.75. The van der Waals surface area contributed by atoms with Crippen molar-refractivity contribution in [2.45, 2.75) is 63.6 Å². The highest BCUT2D eigenvalue weighted by atomic mass is 16.6. The highest BCUT2D eigenvalue weighted by Crippen LogP contribution is 2.08. The molecule has 3 unspecified atom stereocenters. The minimum atomic E-state index is -0.923. The summed E-state index contributed by atoms with van der Waals surface area (Å²) in [5.74, 6) is -2.01. The van der Waals surface area contributed by atoms with E-state index in [1.165, 1.54) is 0 Å². The lowest BCUT2D eigenvalue weighted by atomic mass is 9.99. The van der Waals surface area contributed by atoms with Crippen molar-refractivity contribution in [3.8, 4) is 0 Å². The quantitative estimate of drug-likeness (QED) is 0.111. The molecule has 158 valence electrons. The number of hydrogen-bond acceptors (Lipinski definition) is 9. The Balaban J connectivity index is 4.01. The Morgan fingerprint density at radius 3 is 2.07 bits per heavy atom. The summed E-state index contributed by atoms with van der Waals surface area (Å²) in [7, 11) is 0. The molecule has 0 saturated heterocycles. The van der Waals surface area contributed by atoms with Crippen LogP contribution in [0.2, 0.25) is 0 Å². The molecule has 11 N–H and O–H groups in total. The Morgan fingerprint density at radius 2 is 1.48 bits per heavy atom. The third kappa shape index (κ3) is 11.0. The molecular formula is C17H36N6O4. The van der Waals surface area contributed by atoms with Crippen molar-refractivity contribution in [1.82, 2.24) is 5.32 Å². The van der Waals surface area contributed by atoms with Crippen LogP contribution in [-0.4, -0.2) is 55.6 Å².